The molecule has 1 amide bonds. The monoisotopic (exact) mass is 514 g/mol. The number of alkyl halides is 3. The number of fused-ring (bicyclic) bond motifs is 1. The van der Waals surface area contributed by atoms with Crippen LogP contribution in [0.5, 0.6) is 0 Å². The molecule has 194 valence electrons. The van der Waals surface area contributed by atoms with E-state index >= 15 is 0 Å². The number of amides is 1. The minimum Gasteiger partial charge on any atom is -0.478 e. The number of anilines is 1. The molecule has 0 radical (unpaired) electrons. The molecule has 1 aliphatic rings. The number of carboxylic acid groups (broad SMARTS) is 1. The number of nitrogens with one attached hydrogen (secondary N) is 1. The average Bonchev–Trinajstić information content (AvgIpc) is 3.43. The first kappa shape index (κ1) is 25.9. The van der Waals surface area contributed by atoms with Crippen molar-refractivity contribution in [1.82, 2.24) is 15.1 Å². The van der Waals surface area contributed by atoms with Gasteiger partial charge in [0.2, 0.25) is 0 Å². The second kappa shape index (κ2) is 10.5. The Morgan fingerprint density at radius 2 is 1.84 bits per heavy atom. The van der Waals surface area contributed by atoms with Crippen molar-refractivity contribution in [3.63, 3.8) is 0 Å². The van der Waals surface area contributed by atoms with Crippen LogP contribution in [0.25, 0.3) is 0 Å². The summed E-state index contributed by atoms with van der Waals surface area (Å²) in [7, 11) is 0. The second-order valence-electron chi connectivity index (χ2n) is 8.84. The minimum absolute atomic E-state index is 0.0574. The molecule has 0 saturated heterocycles. The third-order valence-corrected chi connectivity index (χ3v) is 6.22. The number of hydrogen-bond acceptors (Lipinski definition) is 5. The van der Waals surface area contributed by atoms with Crippen molar-refractivity contribution < 1.29 is 32.7 Å². The van der Waals surface area contributed by atoms with Gasteiger partial charge in [0.15, 0.2) is 5.69 Å². The summed E-state index contributed by atoms with van der Waals surface area (Å²) in [6, 6.07) is 12.5. The van der Waals surface area contributed by atoms with E-state index in [0.29, 0.717) is 24.9 Å². The fourth-order valence-electron chi connectivity index (χ4n) is 4.41. The van der Waals surface area contributed by atoms with Crippen molar-refractivity contribution >= 4 is 24.0 Å². The van der Waals surface area contributed by atoms with Crippen LogP contribution in [0.2, 0.25) is 0 Å². The molecule has 8 nitrogen and oxygen atoms in total. The van der Waals surface area contributed by atoms with E-state index in [1.165, 1.54) is 28.9 Å². The van der Waals surface area contributed by atoms with Crippen molar-refractivity contribution in [2.45, 2.75) is 45.1 Å². The lowest BCUT2D eigenvalue weighted by Crippen LogP contribution is -2.31. The maximum atomic E-state index is 13.9. The fourth-order valence-corrected chi connectivity index (χ4v) is 4.41. The van der Waals surface area contributed by atoms with Crippen LogP contribution in [0.1, 0.15) is 62.5 Å². The van der Waals surface area contributed by atoms with Gasteiger partial charge in [-0.1, -0.05) is 36.4 Å². The van der Waals surface area contributed by atoms with Gasteiger partial charge in [-0.3, -0.25) is 4.79 Å². The number of rotatable bonds is 9. The normalized spacial score (nSPS) is 13.8. The Morgan fingerprint density at radius 1 is 1.14 bits per heavy atom. The van der Waals surface area contributed by atoms with Crippen LogP contribution in [-0.4, -0.2) is 39.6 Å². The summed E-state index contributed by atoms with van der Waals surface area (Å²) >= 11 is 0. The lowest BCUT2D eigenvalue weighted by atomic mass is 10.0. The van der Waals surface area contributed by atoms with Crippen molar-refractivity contribution in [2.24, 2.45) is 0 Å². The van der Waals surface area contributed by atoms with Gasteiger partial charge < -0.3 is 20.1 Å². The second-order valence-corrected chi connectivity index (χ2v) is 8.84. The summed E-state index contributed by atoms with van der Waals surface area (Å²) in [4.78, 5) is 36.7. The van der Waals surface area contributed by atoms with Crippen molar-refractivity contribution in [3.05, 3.63) is 82.0 Å². The molecular formula is C26H25F3N4O4. The molecule has 1 atom stereocenters. The van der Waals surface area contributed by atoms with Crippen LogP contribution in [0.3, 0.4) is 0 Å². The first-order chi connectivity index (χ1) is 17.6. The molecule has 0 bridgehead atoms. The van der Waals surface area contributed by atoms with Crippen LogP contribution in [0.4, 0.5) is 19.0 Å². The maximum Gasteiger partial charge on any atom is 0.436 e. The average molecular weight is 515 g/mol. The Balaban J connectivity index is 1.62. The van der Waals surface area contributed by atoms with Gasteiger partial charge in [0, 0.05) is 19.5 Å². The molecule has 1 unspecified atom stereocenters. The molecule has 0 aliphatic carbocycles. The highest BCUT2D eigenvalue weighted by atomic mass is 19.4. The summed E-state index contributed by atoms with van der Waals surface area (Å²) in [5.41, 5.74) is 0.578. The molecule has 37 heavy (non-hydrogen) atoms. The number of hydrogen-bond donors (Lipinski definition) is 2. The van der Waals surface area contributed by atoms with E-state index < -0.39 is 35.4 Å². The van der Waals surface area contributed by atoms with Crippen LogP contribution < -0.4 is 10.2 Å². The Hall–Kier alpha value is -4.15. The molecule has 2 N–H and O–H groups in total. The Bertz CT molecular complexity index is 1320. The van der Waals surface area contributed by atoms with Crippen molar-refractivity contribution in [3.8, 4) is 0 Å². The van der Waals surface area contributed by atoms with Crippen LogP contribution in [0, 0.1) is 0 Å². The lowest BCUT2D eigenvalue weighted by molar-refractivity contribution is -0.141. The van der Waals surface area contributed by atoms with Gasteiger partial charge in [0.1, 0.15) is 17.7 Å². The van der Waals surface area contributed by atoms with Gasteiger partial charge in [-0.05, 0) is 42.2 Å². The van der Waals surface area contributed by atoms with Gasteiger partial charge in [-0.2, -0.15) is 18.3 Å². The minimum atomic E-state index is -4.84. The van der Waals surface area contributed by atoms with Gasteiger partial charge in [0.05, 0.1) is 18.2 Å². The highest BCUT2D eigenvalue weighted by Crippen LogP contribution is 2.38. The molecule has 0 spiro atoms. The number of nitrogens with zero attached hydrogens (tertiary/aromatic N) is 3. The first-order valence-electron chi connectivity index (χ1n) is 11.7. The number of aromatic carboxylic acids is 1. The molecule has 11 heteroatoms. The third-order valence-electron chi connectivity index (χ3n) is 6.22. The summed E-state index contributed by atoms with van der Waals surface area (Å²) in [5, 5.41) is 15.4. The number of carbonyl (C=O) groups excluding carboxylic acids is 2. The van der Waals surface area contributed by atoms with Gasteiger partial charge >= 0.3 is 12.1 Å². The molecule has 0 fully saturated rings. The number of carboxylic acids is 1. The SMILES string of the molecule is CC(NC(=O)c1c(C(F)(F)F)nn2c1N(Cc1cccc(CCC=O)c1)CC2)c1ccc(C(=O)O)cc1. The van der Waals surface area contributed by atoms with Crippen LogP contribution in [-0.2, 0) is 30.5 Å². The third kappa shape index (κ3) is 5.65. The number of aryl methyl sites for hydroxylation is 1. The van der Waals surface area contributed by atoms with Gasteiger partial charge in [0.25, 0.3) is 5.91 Å². The molecular weight excluding hydrogens is 489 g/mol. The predicted molar refractivity (Wildman–Crippen MR) is 128 cm³/mol. The highest BCUT2D eigenvalue weighted by Gasteiger charge is 2.44. The molecule has 3 aromatic rings. The van der Waals surface area contributed by atoms with E-state index in [4.69, 9.17) is 5.11 Å². The molecule has 0 saturated carbocycles. The summed E-state index contributed by atoms with van der Waals surface area (Å²) in [6.45, 7) is 2.45. The van der Waals surface area contributed by atoms with Gasteiger partial charge in [-0.25, -0.2) is 9.48 Å². The van der Waals surface area contributed by atoms with E-state index in [1.54, 1.807) is 11.8 Å². The standard InChI is InChI=1S/C26H25F3N4O4/c1-16(19-7-9-20(10-8-19)25(36)37)30-23(35)21-22(26(27,28)29)31-33-12-11-32(24(21)33)15-18-5-2-4-17(14-18)6-3-13-34/h2,4-5,7-10,13-14,16H,3,6,11-12,15H2,1H3,(H,30,35)(H,36,37). The van der Waals surface area contributed by atoms with Gasteiger partial charge in [-0.15, -0.1) is 0 Å². The van der Waals surface area contributed by atoms with Crippen LogP contribution >= 0.6 is 0 Å². The van der Waals surface area contributed by atoms with E-state index in [9.17, 15) is 27.6 Å². The Labute approximate surface area is 210 Å². The number of benzene rings is 2. The lowest BCUT2D eigenvalue weighted by Gasteiger charge is -2.21. The quantitative estimate of drug-likeness (QED) is 0.414. The Kier molecular flexibility index (Phi) is 7.33. The summed E-state index contributed by atoms with van der Waals surface area (Å²) < 4.78 is 42.9. The largest absolute Gasteiger partial charge is 0.478 e. The van der Waals surface area contributed by atoms with E-state index in [2.05, 4.69) is 10.4 Å². The zero-order valence-corrected chi connectivity index (χ0v) is 20.0. The number of carbonyl (C=O) groups is 3. The van der Waals surface area contributed by atoms with Crippen LogP contribution in [0.15, 0.2) is 48.5 Å². The summed E-state index contributed by atoms with van der Waals surface area (Å²) in [6.07, 6.45) is -3.07. The molecule has 2 aromatic carbocycles. The van der Waals surface area contributed by atoms with Crippen molar-refractivity contribution in [1.29, 1.82) is 0 Å². The molecule has 1 aromatic heterocycles. The Morgan fingerprint density at radius 3 is 2.49 bits per heavy atom. The topological polar surface area (TPSA) is 105 Å². The van der Waals surface area contributed by atoms with E-state index in [-0.39, 0.29) is 24.5 Å². The van der Waals surface area contributed by atoms with E-state index in [1.807, 2.05) is 24.3 Å². The number of aldehydes is 1. The van der Waals surface area contributed by atoms with Crippen molar-refractivity contribution in [2.75, 3.05) is 11.4 Å². The summed E-state index contributed by atoms with van der Waals surface area (Å²) in [5.74, 6) is -1.94. The zero-order chi connectivity index (χ0) is 26.7. The zero-order valence-electron chi connectivity index (χ0n) is 20.0. The predicted octanol–water partition coefficient (Wildman–Crippen LogP) is 4.24. The highest BCUT2D eigenvalue weighted by molar-refractivity contribution is 6.01. The molecule has 2 heterocycles. The maximum absolute atomic E-state index is 13.9. The number of halogens is 3. The number of aromatic nitrogens is 2. The molecule has 4 rings (SSSR count). The molecule has 1 aliphatic heterocycles. The first-order valence-corrected chi connectivity index (χ1v) is 11.7. The van der Waals surface area contributed by atoms with E-state index in [0.717, 1.165) is 17.4 Å². The smallest absolute Gasteiger partial charge is 0.436 e. The fraction of sp³-hybridized carbons (Fsp3) is 0.308.